The molecular weight excluding hydrogens is 194 g/mol. The van der Waals surface area contributed by atoms with Crippen LogP contribution in [-0.4, -0.2) is 25.0 Å². The lowest BCUT2D eigenvalue weighted by Gasteiger charge is -2.23. The summed E-state index contributed by atoms with van der Waals surface area (Å²) in [7, 11) is 2.33. The second-order valence-electron chi connectivity index (χ2n) is 5.52. The summed E-state index contributed by atoms with van der Waals surface area (Å²) in [5.41, 5.74) is 0. The summed E-state index contributed by atoms with van der Waals surface area (Å²) < 4.78 is 0. The molecule has 0 radical (unpaired) electrons. The number of hydrogen-bond acceptors (Lipinski definition) is 1. The zero-order valence-electron chi connectivity index (χ0n) is 11.7. The first-order valence-corrected chi connectivity index (χ1v) is 7.53. The summed E-state index contributed by atoms with van der Waals surface area (Å²) in [5.74, 6) is 2.06. The van der Waals surface area contributed by atoms with E-state index in [9.17, 15) is 0 Å². The highest BCUT2D eigenvalue weighted by Gasteiger charge is 2.20. The largest absolute Gasteiger partial charge is 0.306 e. The molecule has 2 aliphatic carbocycles. The Balaban J connectivity index is 0.000000606. The molecule has 1 heteroatoms. The Hall–Kier alpha value is -0.0400. The highest BCUT2D eigenvalue weighted by atomic mass is 15.1. The topological polar surface area (TPSA) is 3.24 Å². The van der Waals surface area contributed by atoms with E-state index in [0.29, 0.717) is 0 Å². The van der Waals surface area contributed by atoms with E-state index in [1.165, 1.54) is 64.5 Å². The molecule has 0 aromatic heterocycles. The van der Waals surface area contributed by atoms with Gasteiger partial charge in [-0.25, -0.2) is 0 Å². The molecule has 0 amide bonds. The minimum absolute atomic E-state index is 1.03. The van der Waals surface area contributed by atoms with Crippen LogP contribution >= 0.6 is 0 Å². The van der Waals surface area contributed by atoms with Gasteiger partial charge in [-0.05, 0) is 44.6 Å². The van der Waals surface area contributed by atoms with E-state index in [-0.39, 0.29) is 0 Å². The fraction of sp³-hybridized carbons (Fsp3) is 1.00. The predicted molar refractivity (Wildman–Crippen MR) is 72.8 cm³/mol. The van der Waals surface area contributed by atoms with Crippen LogP contribution in [0.2, 0.25) is 0 Å². The second-order valence-corrected chi connectivity index (χ2v) is 5.52. The quantitative estimate of drug-likeness (QED) is 0.688. The summed E-state index contributed by atoms with van der Waals surface area (Å²) in [6.07, 6.45) is 11.9. The van der Waals surface area contributed by atoms with Crippen LogP contribution in [-0.2, 0) is 0 Å². The van der Waals surface area contributed by atoms with E-state index in [0.717, 1.165) is 11.8 Å². The summed E-state index contributed by atoms with van der Waals surface area (Å²) in [5, 5.41) is 0. The lowest BCUT2D eigenvalue weighted by molar-refractivity contribution is 0.239. The number of hydrogen-bond donors (Lipinski definition) is 0. The second kappa shape index (κ2) is 8.11. The normalized spacial score (nSPS) is 22.5. The molecule has 0 spiro atoms. The molecule has 2 rings (SSSR count). The van der Waals surface area contributed by atoms with E-state index >= 15 is 0 Å². The lowest BCUT2D eigenvalue weighted by atomic mass is 10.1. The zero-order chi connectivity index (χ0) is 11.8. The Bertz CT molecular complexity index is 137. The molecule has 2 aliphatic rings. The minimum atomic E-state index is 1.03. The molecule has 0 bridgehead atoms. The summed E-state index contributed by atoms with van der Waals surface area (Å²) in [6, 6.07) is 0. The van der Waals surface area contributed by atoms with Gasteiger partial charge in [0.25, 0.3) is 0 Å². The van der Waals surface area contributed by atoms with Crippen LogP contribution < -0.4 is 0 Å². The summed E-state index contributed by atoms with van der Waals surface area (Å²) in [4.78, 5) is 2.60. The van der Waals surface area contributed by atoms with Crippen molar-refractivity contribution in [2.45, 2.75) is 65.2 Å². The van der Waals surface area contributed by atoms with Crippen LogP contribution in [0.25, 0.3) is 0 Å². The third kappa shape index (κ3) is 4.86. The predicted octanol–water partition coefficient (Wildman–Crippen LogP) is 4.32. The average molecular weight is 225 g/mol. The first-order valence-electron chi connectivity index (χ1n) is 7.53. The first-order chi connectivity index (χ1) is 7.84. The van der Waals surface area contributed by atoms with Crippen molar-refractivity contribution in [2.75, 3.05) is 20.1 Å². The van der Waals surface area contributed by atoms with Gasteiger partial charge in [-0.2, -0.15) is 0 Å². The number of nitrogens with zero attached hydrogens (tertiary/aromatic N) is 1. The molecule has 16 heavy (non-hydrogen) atoms. The van der Waals surface area contributed by atoms with E-state index in [1.807, 2.05) is 13.8 Å². The van der Waals surface area contributed by atoms with Crippen LogP contribution in [0.3, 0.4) is 0 Å². The molecule has 0 saturated heterocycles. The van der Waals surface area contributed by atoms with E-state index < -0.39 is 0 Å². The Morgan fingerprint density at radius 3 is 1.38 bits per heavy atom. The van der Waals surface area contributed by atoms with Crippen LogP contribution in [0.5, 0.6) is 0 Å². The Morgan fingerprint density at radius 1 is 0.750 bits per heavy atom. The average Bonchev–Trinajstić information content (AvgIpc) is 2.94. The van der Waals surface area contributed by atoms with E-state index in [1.54, 1.807) is 0 Å². The molecule has 1 nitrogen and oxygen atoms in total. The van der Waals surface area contributed by atoms with E-state index in [4.69, 9.17) is 0 Å². The van der Waals surface area contributed by atoms with Crippen LogP contribution in [0.4, 0.5) is 0 Å². The maximum atomic E-state index is 2.60. The molecule has 96 valence electrons. The van der Waals surface area contributed by atoms with Gasteiger partial charge in [0, 0.05) is 13.1 Å². The van der Waals surface area contributed by atoms with Crippen molar-refractivity contribution < 1.29 is 0 Å². The van der Waals surface area contributed by atoms with Gasteiger partial charge in [0.1, 0.15) is 0 Å². The lowest BCUT2D eigenvalue weighted by Crippen LogP contribution is -2.29. The van der Waals surface area contributed by atoms with Crippen LogP contribution in [0.15, 0.2) is 0 Å². The molecule has 2 fully saturated rings. The molecule has 0 atom stereocenters. The van der Waals surface area contributed by atoms with Gasteiger partial charge in [0.2, 0.25) is 0 Å². The Labute approximate surface area is 103 Å². The minimum Gasteiger partial charge on any atom is -0.306 e. The highest BCUT2D eigenvalue weighted by molar-refractivity contribution is 4.74. The van der Waals surface area contributed by atoms with Crippen molar-refractivity contribution in [3.63, 3.8) is 0 Å². The van der Waals surface area contributed by atoms with E-state index in [2.05, 4.69) is 11.9 Å². The maximum Gasteiger partial charge on any atom is 0.000672 e. The third-order valence-electron chi connectivity index (χ3n) is 4.09. The van der Waals surface area contributed by atoms with Crippen LogP contribution in [0, 0.1) is 11.8 Å². The third-order valence-corrected chi connectivity index (χ3v) is 4.09. The molecule has 0 aromatic rings. The highest BCUT2D eigenvalue weighted by Crippen LogP contribution is 2.28. The van der Waals surface area contributed by atoms with Crippen molar-refractivity contribution in [3.05, 3.63) is 0 Å². The van der Waals surface area contributed by atoms with Gasteiger partial charge in [-0.1, -0.05) is 39.5 Å². The van der Waals surface area contributed by atoms with Crippen LogP contribution in [0.1, 0.15) is 65.2 Å². The fourth-order valence-electron chi connectivity index (χ4n) is 3.34. The molecule has 0 aliphatic heterocycles. The SMILES string of the molecule is CC.CN(CC1CCCC1)CC1CCCC1. The summed E-state index contributed by atoms with van der Waals surface area (Å²) in [6.45, 7) is 6.74. The van der Waals surface area contributed by atoms with Crippen molar-refractivity contribution in [1.82, 2.24) is 4.90 Å². The van der Waals surface area contributed by atoms with Gasteiger partial charge < -0.3 is 4.90 Å². The number of rotatable bonds is 4. The molecule has 0 N–H and O–H groups in total. The Morgan fingerprint density at radius 2 is 1.06 bits per heavy atom. The molecule has 0 heterocycles. The fourth-order valence-corrected chi connectivity index (χ4v) is 3.34. The smallest absolute Gasteiger partial charge is 0.000672 e. The zero-order valence-corrected chi connectivity index (χ0v) is 11.7. The monoisotopic (exact) mass is 225 g/mol. The van der Waals surface area contributed by atoms with Crippen molar-refractivity contribution in [1.29, 1.82) is 0 Å². The summed E-state index contributed by atoms with van der Waals surface area (Å²) >= 11 is 0. The molecule has 2 saturated carbocycles. The van der Waals surface area contributed by atoms with Gasteiger partial charge in [0.05, 0.1) is 0 Å². The van der Waals surface area contributed by atoms with Gasteiger partial charge in [-0.15, -0.1) is 0 Å². The first kappa shape index (κ1) is 14.0. The molecular formula is C15H31N. The van der Waals surface area contributed by atoms with Gasteiger partial charge in [0.15, 0.2) is 0 Å². The molecule has 0 unspecified atom stereocenters. The molecule has 0 aromatic carbocycles. The van der Waals surface area contributed by atoms with Gasteiger partial charge >= 0.3 is 0 Å². The van der Waals surface area contributed by atoms with Crippen molar-refractivity contribution in [2.24, 2.45) is 11.8 Å². The Kier molecular flexibility index (Phi) is 7.11. The maximum absolute atomic E-state index is 2.60. The van der Waals surface area contributed by atoms with Crippen molar-refractivity contribution >= 4 is 0 Å². The van der Waals surface area contributed by atoms with Crippen molar-refractivity contribution in [3.8, 4) is 0 Å². The van der Waals surface area contributed by atoms with Gasteiger partial charge in [-0.3, -0.25) is 0 Å². The standard InChI is InChI=1S/C13H25N.C2H6/c1-14(10-12-6-2-3-7-12)11-13-8-4-5-9-13;1-2/h12-13H,2-11H2,1H3;1-2H3.